The van der Waals surface area contributed by atoms with Crippen LogP contribution in [0.15, 0.2) is 30.3 Å². The van der Waals surface area contributed by atoms with Crippen molar-refractivity contribution >= 4 is 0 Å². The molecular formula is C15H22O. The molecule has 0 amide bonds. The van der Waals surface area contributed by atoms with E-state index in [1.165, 1.54) is 18.4 Å². The van der Waals surface area contributed by atoms with E-state index in [0.29, 0.717) is 17.8 Å². The molecule has 1 saturated carbocycles. The Morgan fingerprint density at radius 1 is 1.31 bits per heavy atom. The van der Waals surface area contributed by atoms with Crippen molar-refractivity contribution < 1.29 is 5.11 Å². The van der Waals surface area contributed by atoms with E-state index in [2.05, 4.69) is 44.2 Å². The van der Waals surface area contributed by atoms with Crippen molar-refractivity contribution in [1.82, 2.24) is 0 Å². The Morgan fingerprint density at radius 3 is 2.62 bits per heavy atom. The predicted octanol–water partition coefficient (Wildman–Crippen LogP) is 3.59. The van der Waals surface area contributed by atoms with Gasteiger partial charge in [-0.1, -0.05) is 50.6 Å². The molecule has 1 nitrogen and oxygen atoms in total. The molecule has 1 aromatic rings. The first-order valence-corrected chi connectivity index (χ1v) is 6.45. The molecular weight excluding hydrogens is 196 g/mol. The van der Waals surface area contributed by atoms with Gasteiger partial charge >= 0.3 is 0 Å². The fraction of sp³-hybridized carbons (Fsp3) is 0.600. The summed E-state index contributed by atoms with van der Waals surface area (Å²) in [5.41, 5.74) is 1.40. The highest BCUT2D eigenvalue weighted by Gasteiger charge is 2.43. The second-order valence-corrected chi connectivity index (χ2v) is 5.23. The first-order valence-electron chi connectivity index (χ1n) is 6.45. The summed E-state index contributed by atoms with van der Waals surface area (Å²) >= 11 is 0. The van der Waals surface area contributed by atoms with Gasteiger partial charge in [0.2, 0.25) is 0 Å². The first kappa shape index (κ1) is 11.7. The van der Waals surface area contributed by atoms with E-state index in [9.17, 15) is 5.11 Å². The summed E-state index contributed by atoms with van der Waals surface area (Å²) in [5, 5.41) is 10.1. The molecule has 1 heteroatoms. The molecule has 0 aromatic heterocycles. The summed E-state index contributed by atoms with van der Waals surface area (Å²) in [4.78, 5) is 0. The van der Waals surface area contributed by atoms with Crippen LogP contribution in [0, 0.1) is 11.8 Å². The fourth-order valence-corrected chi connectivity index (χ4v) is 2.48. The lowest BCUT2D eigenvalue weighted by Gasteiger charge is -2.14. The molecule has 16 heavy (non-hydrogen) atoms. The van der Waals surface area contributed by atoms with E-state index >= 15 is 0 Å². The second kappa shape index (κ2) is 5.01. The summed E-state index contributed by atoms with van der Waals surface area (Å²) in [6.07, 6.45) is 3.20. The molecule has 1 aromatic carbocycles. The Balaban J connectivity index is 1.87. The maximum Gasteiger partial charge on any atom is 0.0577 e. The van der Waals surface area contributed by atoms with Gasteiger partial charge in [-0.2, -0.15) is 0 Å². The molecule has 2 rings (SSSR count). The zero-order valence-electron chi connectivity index (χ0n) is 10.3. The molecule has 1 N–H and O–H groups in total. The smallest absolute Gasteiger partial charge is 0.0577 e. The van der Waals surface area contributed by atoms with Gasteiger partial charge < -0.3 is 5.11 Å². The van der Waals surface area contributed by atoms with Crippen molar-refractivity contribution in [3.8, 4) is 0 Å². The normalized spacial score (nSPS) is 27.4. The van der Waals surface area contributed by atoms with Crippen molar-refractivity contribution in [3.05, 3.63) is 35.9 Å². The number of hydrogen-bond acceptors (Lipinski definition) is 1. The highest BCUT2D eigenvalue weighted by molar-refractivity contribution is 5.26. The lowest BCUT2D eigenvalue weighted by atomic mass is 9.97. The van der Waals surface area contributed by atoms with Crippen LogP contribution in [0.1, 0.15) is 44.6 Å². The van der Waals surface area contributed by atoms with E-state index in [1.54, 1.807) is 0 Å². The van der Waals surface area contributed by atoms with Crippen LogP contribution >= 0.6 is 0 Å². The quantitative estimate of drug-likeness (QED) is 0.800. The third kappa shape index (κ3) is 2.65. The second-order valence-electron chi connectivity index (χ2n) is 5.23. The van der Waals surface area contributed by atoms with E-state index in [0.717, 1.165) is 6.42 Å². The van der Waals surface area contributed by atoms with Crippen LogP contribution in [0.4, 0.5) is 0 Å². The van der Waals surface area contributed by atoms with E-state index in [-0.39, 0.29) is 6.10 Å². The van der Waals surface area contributed by atoms with Gasteiger partial charge in [0, 0.05) is 0 Å². The standard InChI is InChI=1S/C15H22O/c1-3-11(2)9-15(16)14-10-13(14)12-7-5-4-6-8-12/h4-8,11,13-16H,3,9-10H2,1-2H3. The zero-order valence-corrected chi connectivity index (χ0v) is 10.3. The Bertz CT molecular complexity index is 319. The summed E-state index contributed by atoms with van der Waals surface area (Å²) in [6, 6.07) is 10.6. The van der Waals surface area contributed by atoms with Gasteiger partial charge in [0.15, 0.2) is 0 Å². The highest BCUT2D eigenvalue weighted by Crippen LogP contribution is 2.50. The molecule has 88 valence electrons. The molecule has 0 saturated heterocycles. The van der Waals surface area contributed by atoms with Gasteiger partial charge in [-0.05, 0) is 36.2 Å². The maximum atomic E-state index is 10.1. The summed E-state index contributed by atoms with van der Waals surface area (Å²) in [6.45, 7) is 4.42. The van der Waals surface area contributed by atoms with Crippen LogP contribution < -0.4 is 0 Å². The van der Waals surface area contributed by atoms with E-state index in [1.807, 2.05) is 0 Å². The molecule has 1 aliphatic carbocycles. The average Bonchev–Trinajstić information content (AvgIpc) is 3.10. The average molecular weight is 218 g/mol. The largest absolute Gasteiger partial charge is 0.393 e. The predicted molar refractivity (Wildman–Crippen MR) is 67.4 cm³/mol. The van der Waals surface area contributed by atoms with Crippen LogP contribution in [-0.2, 0) is 0 Å². The number of rotatable bonds is 5. The first-order chi connectivity index (χ1) is 7.72. The lowest BCUT2D eigenvalue weighted by molar-refractivity contribution is 0.120. The van der Waals surface area contributed by atoms with Gasteiger partial charge in [0.1, 0.15) is 0 Å². The van der Waals surface area contributed by atoms with E-state index in [4.69, 9.17) is 0 Å². The number of aliphatic hydroxyl groups is 1. The molecule has 4 atom stereocenters. The van der Waals surface area contributed by atoms with Crippen LogP contribution in [0.25, 0.3) is 0 Å². The van der Waals surface area contributed by atoms with Crippen LogP contribution in [0.3, 0.4) is 0 Å². The molecule has 0 radical (unpaired) electrons. The minimum Gasteiger partial charge on any atom is -0.393 e. The number of hydrogen-bond donors (Lipinski definition) is 1. The fourth-order valence-electron chi connectivity index (χ4n) is 2.48. The molecule has 0 aliphatic heterocycles. The van der Waals surface area contributed by atoms with Gasteiger partial charge in [0.05, 0.1) is 6.10 Å². The Morgan fingerprint density at radius 2 is 2.00 bits per heavy atom. The topological polar surface area (TPSA) is 20.2 Å². The van der Waals surface area contributed by atoms with Crippen molar-refractivity contribution in [2.24, 2.45) is 11.8 Å². The zero-order chi connectivity index (χ0) is 11.5. The molecule has 4 unspecified atom stereocenters. The third-order valence-electron chi connectivity index (χ3n) is 3.90. The minimum atomic E-state index is -0.0971. The molecule has 0 spiro atoms. The molecule has 1 fully saturated rings. The molecule has 1 aliphatic rings. The summed E-state index contributed by atoms with van der Waals surface area (Å²) < 4.78 is 0. The van der Waals surface area contributed by atoms with Crippen molar-refractivity contribution in [2.75, 3.05) is 0 Å². The Hall–Kier alpha value is -0.820. The van der Waals surface area contributed by atoms with Gasteiger partial charge in [0.25, 0.3) is 0 Å². The Kier molecular flexibility index (Phi) is 3.65. The van der Waals surface area contributed by atoms with Gasteiger partial charge in [-0.3, -0.25) is 0 Å². The molecule has 0 heterocycles. The van der Waals surface area contributed by atoms with Crippen molar-refractivity contribution in [2.45, 2.75) is 45.1 Å². The Labute approximate surface area is 98.5 Å². The molecule has 0 bridgehead atoms. The number of benzene rings is 1. The van der Waals surface area contributed by atoms with Crippen LogP contribution in [0.5, 0.6) is 0 Å². The SMILES string of the molecule is CCC(C)CC(O)C1CC1c1ccccc1. The lowest BCUT2D eigenvalue weighted by Crippen LogP contribution is -2.14. The van der Waals surface area contributed by atoms with E-state index < -0.39 is 0 Å². The maximum absolute atomic E-state index is 10.1. The van der Waals surface area contributed by atoms with Crippen LogP contribution in [-0.4, -0.2) is 11.2 Å². The monoisotopic (exact) mass is 218 g/mol. The van der Waals surface area contributed by atoms with Crippen LogP contribution in [0.2, 0.25) is 0 Å². The minimum absolute atomic E-state index is 0.0971. The summed E-state index contributed by atoms with van der Waals surface area (Å²) in [5.74, 6) is 1.77. The highest BCUT2D eigenvalue weighted by atomic mass is 16.3. The van der Waals surface area contributed by atoms with Gasteiger partial charge in [-0.25, -0.2) is 0 Å². The number of aliphatic hydroxyl groups excluding tert-OH is 1. The summed E-state index contributed by atoms with van der Waals surface area (Å²) in [7, 11) is 0. The van der Waals surface area contributed by atoms with Crippen molar-refractivity contribution in [1.29, 1.82) is 0 Å². The third-order valence-corrected chi connectivity index (χ3v) is 3.90. The van der Waals surface area contributed by atoms with Gasteiger partial charge in [-0.15, -0.1) is 0 Å². The van der Waals surface area contributed by atoms with Crippen molar-refractivity contribution in [3.63, 3.8) is 0 Å².